The molecular weight excluding hydrogens is 695 g/mol. The second-order valence-corrected chi connectivity index (χ2v) is 16.2. The number of esters is 1. The molecule has 3 unspecified atom stereocenters. The summed E-state index contributed by atoms with van der Waals surface area (Å²) in [6, 6.07) is -0.731. The van der Waals surface area contributed by atoms with Crippen LogP contribution in [0.1, 0.15) is 233 Å². The van der Waals surface area contributed by atoms with Crippen LogP contribution in [-0.4, -0.2) is 46.9 Å². The molecule has 0 saturated heterocycles. The number of aliphatic hydroxyl groups excluding tert-OH is 2. The molecule has 1 amide bonds. The van der Waals surface area contributed by atoms with E-state index in [0.717, 1.165) is 64.2 Å². The zero-order valence-corrected chi connectivity index (χ0v) is 37.0. The van der Waals surface area contributed by atoms with Crippen LogP contribution < -0.4 is 5.32 Å². The van der Waals surface area contributed by atoms with Crippen LogP contribution in [-0.2, 0) is 14.3 Å². The number of carbonyl (C=O) groups is 2. The van der Waals surface area contributed by atoms with Crippen LogP contribution in [0.3, 0.4) is 0 Å². The van der Waals surface area contributed by atoms with Crippen molar-refractivity contribution >= 4 is 11.9 Å². The predicted octanol–water partition coefficient (Wildman–Crippen LogP) is 13.9. The normalized spacial score (nSPS) is 13.7. The molecule has 0 bridgehead atoms. The molecule has 0 saturated carbocycles. The minimum absolute atomic E-state index is 0.0318. The van der Waals surface area contributed by atoms with Gasteiger partial charge in [-0.3, -0.25) is 9.59 Å². The van der Waals surface area contributed by atoms with Crippen LogP contribution in [0.15, 0.2) is 48.6 Å². The Morgan fingerprint density at radius 2 is 0.946 bits per heavy atom. The molecule has 0 aromatic heterocycles. The topological polar surface area (TPSA) is 95.9 Å². The third kappa shape index (κ3) is 38.7. The molecule has 0 aromatic rings. The van der Waals surface area contributed by atoms with Gasteiger partial charge >= 0.3 is 5.97 Å². The highest BCUT2D eigenvalue weighted by molar-refractivity contribution is 5.78. The molecule has 0 aliphatic carbocycles. The van der Waals surface area contributed by atoms with Gasteiger partial charge in [-0.2, -0.15) is 0 Å². The minimum Gasteiger partial charge on any atom is -0.458 e. The summed E-state index contributed by atoms with van der Waals surface area (Å²) in [7, 11) is 0. The molecule has 0 aliphatic heterocycles. The molecule has 0 aromatic carbocycles. The van der Waals surface area contributed by atoms with Gasteiger partial charge in [-0.25, -0.2) is 0 Å². The van der Waals surface area contributed by atoms with Gasteiger partial charge in [0.25, 0.3) is 0 Å². The summed E-state index contributed by atoms with van der Waals surface area (Å²) in [6.07, 6.45) is 52.0. The quantitative estimate of drug-likeness (QED) is 0.0325. The smallest absolute Gasteiger partial charge is 0.306 e. The molecule has 6 nitrogen and oxygen atoms in total. The number of amides is 1. The van der Waals surface area contributed by atoms with E-state index in [2.05, 4.69) is 62.5 Å². The van der Waals surface area contributed by atoms with Gasteiger partial charge in [0.1, 0.15) is 6.10 Å². The number of rotatable bonds is 42. The van der Waals surface area contributed by atoms with Crippen LogP contribution in [0.25, 0.3) is 0 Å². The monoisotopic (exact) mass is 786 g/mol. The maximum atomic E-state index is 13.1. The van der Waals surface area contributed by atoms with Crippen LogP contribution in [0.4, 0.5) is 0 Å². The van der Waals surface area contributed by atoms with Crippen molar-refractivity contribution in [3.05, 3.63) is 48.6 Å². The third-order valence-electron chi connectivity index (χ3n) is 10.6. The first-order chi connectivity index (χ1) is 27.5. The molecule has 0 heterocycles. The lowest BCUT2D eigenvalue weighted by Gasteiger charge is -2.23. The fourth-order valence-corrected chi connectivity index (χ4v) is 6.95. The zero-order chi connectivity index (χ0) is 41.0. The number of hydrogen-bond donors (Lipinski definition) is 3. The van der Waals surface area contributed by atoms with Crippen LogP contribution in [0.2, 0.25) is 0 Å². The molecule has 56 heavy (non-hydrogen) atoms. The van der Waals surface area contributed by atoms with Gasteiger partial charge in [-0.15, -0.1) is 0 Å². The molecular formula is C50H91NO5. The van der Waals surface area contributed by atoms with E-state index in [1.165, 1.54) is 128 Å². The molecule has 6 heteroatoms. The van der Waals surface area contributed by atoms with E-state index in [9.17, 15) is 19.8 Å². The molecule has 326 valence electrons. The number of ether oxygens (including phenoxy) is 1. The van der Waals surface area contributed by atoms with Gasteiger partial charge in [0.2, 0.25) is 5.91 Å². The minimum atomic E-state index is -0.809. The molecule has 3 atom stereocenters. The van der Waals surface area contributed by atoms with E-state index in [4.69, 9.17) is 4.74 Å². The summed E-state index contributed by atoms with van der Waals surface area (Å²) in [5.41, 5.74) is 0. The van der Waals surface area contributed by atoms with E-state index in [1.54, 1.807) is 0 Å². The molecule has 0 aliphatic rings. The van der Waals surface area contributed by atoms with Crippen molar-refractivity contribution in [3.63, 3.8) is 0 Å². The van der Waals surface area contributed by atoms with Crippen molar-refractivity contribution in [1.82, 2.24) is 5.32 Å². The summed E-state index contributed by atoms with van der Waals surface area (Å²) < 4.78 is 5.80. The lowest BCUT2D eigenvalue weighted by Crippen LogP contribution is -2.46. The first-order valence-electron chi connectivity index (χ1n) is 23.9. The second kappa shape index (κ2) is 43.9. The molecule has 3 N–H and O–H groups in total. The highest BCUT2D eigenvalue weighted by atomic mass is 16.5. The first-order valence-corrected chi connectivity index (χ1v) is 23.9. The van der Waals surface area contributed by atoms with Crippen LogP contribution in [0, 0.1) is 0 Å². The fourth-order valence-electron chi connectivity index (χ4n) is 6.95. The Balaban J connectivity index is 4.62. The number of aliphatic hydroxyl groups is 2. The maximum absolute atomic E-state index is 13.1. The SMILES string of the molecule is CCCCC/C=C\C/C=C\CCCCCCCCCC(=O)OC(/C=C/C/C=C\CCCCCCCC)CC(=O)NC(CO)C(O)CCCCCCCCCCC. The molecule has 0 radical (unpaired) electrons. The van der Waals surface area contributed by atoms with E-state index in [0.29, 0.717) is 12.8 Å². The van der Waals surface area contributed by atoms with E-state index in [1.807, 2.05) is 12.2 Å². The molecule has 0 rings (SSSR count). The Kier molecular flexibility index (Phi) is 42.2. The molecule has 0 fully saturated rings. The lowest BCUT2D eigenvalue weighted by atomic mass is 10.0. The van der Waals surface area contributed by atoms with Crippen molar-refractivity contribution in [2.45, 2.75) is 251 Å². The first kappa shape index (κ1) is 53.8. The summed E-state index contributed by atoms with van der Waals surface area (Å²) >= 11 is 0. The largest absolute Gasteiger partial charge is 0.458 e. The second-order valence-electron chi connectivity index (χ2n) is 16.2. The highest BCUT2D eigenvalue weighted by Crippen LogP contribution is 2.15. The van der Waals surface area contributed by atoms with Gasteiger partial charge in [-0.1, -0.05) is 198 Å². The average Bonchev–Trinajstić information content (AvgIpc) is 3.19. The number of hydrogen-bond acceptors (Lipinski definition) is 5. The van der Waals surface area contributed by atoms with Crippen molar-refractivity contribution in [3.8, 4) is 0 Å². The number of nitrogens with one attached hydrogen (secondary N) is 1. The summed E-state index contributed by atoms with van der Waals surface area (Å²) in [6.45, 7) is 6.39. The Bertz CT molecular complexity index is 972. The average molecular weight is 786 g/mol. The Hall–Kier alpha value is -2.18. The predicted molar refractivity (Wildman–Crippen MR) is 241 cm³/mol. The van der Waals surface area contributed by atoms with Gasteiger partial charge < -0.3 is 20.3 Å². The summed E-state index contributed by atoms with van der Waals surface area (Å²) in [5.74, 6) is -0.612. The van der Waals surface area contributed by atoms with E-state index in [-0.39, 0.29) is 24.9 Å². The van der Waals surface area contributed by atoms with Gasteiger partial charge in [0.05, 0.1) is 25.2 Å². The van der Waals surface area contributed by atoms with E-state index < -0.39 is 18.2 Å². The third-order valence-corrected chi connectivity index (χ3v) is 10.6. The van der Waals surface area contributed by atoms with Gasteiger partial charge in [-0.05, 0) is 70.3 Å². The Labute approximate surface area is 346 Å². The highest BCUT2D eigenvalue weighted by Gasteiger charge is 2.23. The summed E-state index contributed by atoms with van der Waals surface area (Å²) in [4.78, 5) is 25.9. The van der Waals surface area contributed by atoms with Gasteiger partial charge in [0, 0.05) is 6.42 Å². The molecule has 0 spiro atoms. The zero-order valence-electron chi connectivity index (χ0n) is 37.0. The standard InChI is InChI=1S/C50H91NO5/c1-4-7-10-13-16-19-21-22-23-24-25-26-28-31-34-37-40-43-50(55)56-46(41-38-35-32-30-27-20-17-14-11-8-5-2)44-49(54)51-47(45-52)48(53)42-39-36-33-29-18-15-12-9-6-3/h16,19,22-23,30,32,38,41,46-48,52-53H,4-15,17-18,20-21,24-29,31,33-37,39-40,42-45H2,1-3H3,(H,51,54)/b19-16-,23-22-,32-30-,41-38+. The van der Waals surface area contributed by atoms with Crippen LogP contribution in [0.5, 0.6) is 0 Å². The lowest BCUT2D eigenvalue weighted by molar-refractivity contribution is -0.148. The number of carbonyl (C=O) groups excluding carboxylic acids is 2. The summed E-state index contributed by atoms with van der Waals surface area (Å²) in [5, 5.41) is 23.5. The maximum Gasteiger partial charge on any atom is 0.306 e. The van der Waals surface area contributed by atoms with E-state index >= 15 is 0 Å². The van der Waals surface area contributed by atoms with Crippen molar-refractivity contribution in [2.75, 3.05) is 6.61 Å². The number of allylic oxidation sites excluding steroid dienone is 7. The van der Waals surface area contributed by atoms with Crippen molar-refractivity contribution in [1.29, 1.82) is 0 Å². The fraction of sp³-hybridized carbons (Fsp3) is 0.800. The Morgan fingerprint density at radius 3 is 1.45 bits per heavy atom. The van der Waals surface area contributed by atoms with Crippen molar-refractivity contribution < 1.29 is 24.5 Å². The number of unbranched alkanes of at least 4 members (excludes halogenated alkanes) is 24. The van der Waals surface area contributed by atoms with Crippen LogP contribution >= 0.6 is 0 Å². The van der Waals surface area contributed by atoms with Crippen molar-refractivity contribution in [2.24, 2.45) is 0 Å². The van der Waals surface area contributed by atoms with Gasteiger partial charge in [0.15, 0.2) is 0 Å². The Morgan fingerprint density at radius 1 is 0.536 bits per heavy atom.